The van der Waals surface area contributed by atoms with Crippen molar-refractivity contribution in [2.24, 2.45) is 5.73 Å². The van der Waals surface area contributed by atoms with Crippen molar-refractivity contribution >= 4 is 0 Å². The third kappa shape index (κ3) is 5.32. The topological polar surface area (TPSA) is 35.2 Å². The molecule has 2 nitrogen and oxygen atoms in total. The van der Waals surface area contributed by atoms with Gasteiger partial charge in [-0.3, -0.25) is 0 Å². The third-order valence-corrected chi connectivity index (χ3v) is 3.90. The molecule has 1 aliphatic heterocycles. The van der Waals surface area contributed by atoms with Crippen molar-refractivity contribution in [1.82, 2.24) is 0 Å². The summed E-state index contributed by atoms with van der Waals surface area (Å²) < 4.78 is 42.9. The van der Waals surface area contributed by atoms with Gasteiger partial charge in [-0.05, 0) is 56.2 Å². The second-order valence-electron chi connectivity index (χ2n) is 5.72. The molecule has 0 amide bonds. The molecule has 21 heavy (non-hydrogen) atoms. The summed E-state index contributed by atoms with van der Waals surface area (Å²) in [4.78, 5) is 0. The van der Waals surface area contributed by atoms with Crippen LogP contribution in [0.3, 0.4) is 0 Å². The lowest BCUT2D eigenvalue weighted by Gasteiger charge is -2.14. The molecule has 1 aromatic carbocycles. The van der Waals surface area contributed by atoms with Gasteiger partial charge in [0.1, 0.15) is 0 Å². The molecule has 1 fully saturated rings. The van der Waals surface area contributed by atoms with Crippen molar-refractivity contribution < 1.29 is 17.9 Å². The third-order valence-electron chi connectivity index (χ3n) is 3.90. The SMILES string of the molecule is NC(CCCC1CCCO1)Cc1ccc(C(F)(F)F)cc1. The molecule has 0 bridgehead atoms. The van der Waals surface area contributed by atoms with E-state index in [4.69, 9.17) is 10.5 Å². The van der Waals surface area contributed by atoms with E-state index < -0.39 is 11.7 Å². The van der Waals surface area contributed by atoms with Crippen LogP contribution >= 0.6 is 0 Å². The minimum Gasteiger partial charge on any atom is -0.378 e. The number of halogens is 3. The van der Waals surface area contributed by atoms with Crippen molar-refractivity contribution in [3.8, 4) is 0 Å². The van der Waals surface area contributed by atoms with Gasteiger partial charge < -0.3 is 10.5 Å². The molecule has 0 radical (unpaired) electrons. The molecular weight excluding hydrogens is 279 g/mol. The van der Waals surface area contributed by atoms with E-state index in [1.54, 1.807) is 0 Å². The lowest BCUT2D eigenvalue weighted by atomic mass is 9.99. The summed E-state index contributed by atoms with van der Waals surface area (Å²) in [5, 5.41) is 0. The summed E-state index contributed by atoms with van der Waals surface area (Å²) in [7, 11) is 0. The number of rotatable bonds is 6. The fourth-order valence-corrected chi connectivity index (χ4v) is 2.71. The monoisotopic (exact) mass is 301 g/mol. The van der Waals surface area contributed by atoms with Crippen LogP contribution in [0.15, 0.2) is 24.3 Å². The van der Waals surface area contributed by atoms with Gasteiger partial charge in [-0.2, -0.15) is 13.2 Å². The van der Waals surface area contributed by atoms with Gasteiger partial charge in [-0.15, -0.1) is 0 Å². The van der Waals surface area contributed by atoms with Crippen molar-refractivity contribution in [3.05, 3.63) is 35.4 Å². The number of hydrogen-bond acceptors (Lipinski definition) is 2. The maximum Gasteiger partial charge on any atom is 0.416 e. The van der Waals surface area contributed by atoms with E-state index in [9.17, 15) is 13.2 Å². The molecule has 0 aliphatic carbocycles. The molecule has 2 rings (SSSR count). The first kappa shape index (κ1) is 16.3. The summed E-state index contributed by atoms with van der Waals surface area (Å²) in [6, 6.07) is 5.26. The average Bonchev–Trinajstić information content (AvgIpc) is 2.91. The summed E-state index contributed by atoms with van der Waals surface area (Å²) >= 11 is 0. The first-order chi connectivity index (χ1) is 9.95. The zero-order valence-corrected chi connectivity index (χ0v) is 12.0. The number of nitrogens with two attached hydrogens (primary N) is 1. The van der Waals surface area contributed by atoms with E-state index in [1.165, 1.54) is 12.1 Å². The lowest BCUT2D eigenvalue weighted by molar-refractivity contribution is -0.137. The molecule has 1 aliphatic rings. The number of hydrogen-bond donors (Lipinski definition) is 1. The highest BCUT2D eigenvalue weighted by molar-refractivity contribution is 5.25. The van der Waals surface area contributed by atoms with Gasteiger partial charge in [0.25, 0.3) is 0 Å². The Hall–Kier alpha value is -1.07. The van der Waals surface area contributed by atoms with E-state index >= 15 is 0 Å². The Kier molecular flexibility index (Phi) is 5.65. The highest BCUT2D eigenvalue weighted by atomic mass is 19.4. The quantitative estimate of drug-likeness (QED) is 0.864. The maximum atomic E-state index is 12.5. The Morgan fingerprint density at radius 1 is 1.24 bits per heavy atom. The van der Waals surface area contributed by atoms with Gasteiger partial charge in [0.2, 0.25) is 0 Å². The van der Waals surface area contributed by atoms with Crippen LogP contribution in [0.5, 0.6) is 0 Å². The van der Waals surface area contributed by atoms with Crippen molar-refractivity contribution in [1.29, 1.82) is 0 Å². The highest BCUT2D eigenvalue weighted by Crippen LogP contribution is 2.29. The Morgan fingerprint density at radius 3 is 2.52 bits per heavy atom. The Morgan fingerprint density at radius 2 is 1.95 bits per heavy atom. The summed E-state index contributed by atoms with van der Waals surface area (Å²) in [5.41, 5.74) is 6.29. The Bertz CT molecular complexity index is 424. The second kappa shape index (κ2) is 7.27. The van der Waals surface area contributed by atoms with E-state index in [2.05, 4.69) is 0 Å². The molecule has 1 saturated heterocycles. The predicted molar refractivity (Wildman–Crippen MR) is 75.9 cm³/mol. The number of benzene rings is 1. The zero-order chi connectivity index (χ0) is 15.3. The summed E-state index contributed by atoms with van der Waals surface area (Å²) in [5.74, 6) is 0. The van der Waals surface area contributed by atoms with Crippen LogP contribution < -0.4 is 5.73 Å². The van der Waals surface area contributed by atoms with Crippen LogP contribution in [0.25, 0.3) is 0 Å². The van der Waals surface area contributed by atoms with Gasteiger partial charge >= 0.3 is 6.18 Å². The largest absolute Gasteiger partial charge is 0.416 e. The highest BCUT2D eigenvalue weighted by Gasteiger charge is 2.29. The molecule has 118 valence electrons. The van der Waals surface area contributed by atoms with E-state index in [0.29, 0.717) is 12.5 Å². The molecule has 2 unspecified atom stereocenters. The predicted octanol–water partition coefficient (Wildman–Crippen LogP) is 3.92. The van der Waals surface area contributed by atoms with Crippen molar-refractivity contribution in [2.75, 3.05) is 6.61 Å². The van der Waals surface area contributed by atoms with Gasteiger partial charge in [0.15, 0.2) is 0 Å². The van der Waals surface area contributed by atoms with E-state index in [1.807, 2.05) is 0 Å². The van der Waals surface area contributed by atoms with Crippen LogP contribution in [-0.4, -0.2) is 18.8 Å². The summed E-state index contributed by atoms with van der Waals surface area (Å²) in [6.07, 6.45) is 1.90. The zero-order valence-electron chi connectivity index (χ0n) is 12.0. The van der Waals surface area contributed by atoms with Gasteiger partial charge in [0.05, 0.1) is 11.7 Å². The van der Waals surface area contributed by atoms with E-state index in [0.717, 1.165) is 56.4 Å². The molecule has 0 saturated carbocycles. The normalized spacial score (nSPS) is 20.7. The molecule has 1 aromatic rings. The van der Waals surface area contributed by atoms with Gasteiger partial charge in [-0.1, -0.05) is 12.1 Å². The first-order valence-corrected chi connectivity index (χ1v) is 7.48. The van der Waals surface area contributed by atoms with Crippen molar-refractivity contribution in [3.63, 3.8) is 0 Å². The Labute approximate surface area is 123 Å². The van der Waals surface area contributed by atoms with Gasteiger partial charge in [-0.25, -0.2) is 0 Å². The van der Waals surface area contributed by atoms with Gasteiger partial charge in [0, 0.05) is 12.6 Å². The smallest absolute Gasteiger partial charge is 0.378 e. The minimum absolute atomic E-state index is 0.0110. The molecule has 1 heterocycles. The fourth-order valence-electron chi connectivity index (χ4n) is 2.71. The molecule has 5 heteroatoms. The number of alkyl halides is 3. The van der Waals surface area contributed by atoms with Crippen LogP contribution in [-0.2, 0) is 17.3 Å². The van der Waals surface area contributed by atoms with Crippen LogP contribution in [0.2, 0.25) is 0 Å². The van der Waals surface area contributed by atoms with E-state index in [-0.39, 0.29) is 6.04 Å². The number of ether oxygens (including phenoxy) is 1. The second-order valence-corrected chi connectivity index (χ2v) is 5.72. The van der Waals surface area contributed by atoms with Crippen LogP contribution in [0.4, 0.5) is 13.2 Å². The minimum atomic E-state index is -4.28. The first-order valence-electron chi connectivity index (χ1n) is 7.48. The molecule has 2 N–H and O–H groups in total. The van der Waals surface area contributed by atoms with Crippen LogP contribution in [0, 0.1) is 0 Å². The lowest BCUT2D eigenvalue weighted by Crippen LogP contribution is -2.23. The van der Waals surface area contributed by atoms with Crippen LogP contribution in [0.1, 0.15) is 43.2 Å². The fraction of sp³-hybridized carbons (Fsp3) is 0.625. The Balaban J connectivity index is 1.73. The molecular formula is C16H22F3NO. The summed E-state index contributed by atoms with van der Waals surface area (Å²) in [6.45, 7) is 0.863. The molecule has 0 aromatic heterocycles. The molecule has 0 spiro atoms. The maximum absolute atomic E-state index is 12.5. The van der Waals surface area contributed by atoms with Crippen molar-refractivity contribution in [2.45, 2.75) is 56.8 Å². The standard InChI is InChI=1S/C16H22F3NO/c17-16(18,19)13-8-6-12(7-9-13)11-14(20)3-1-4-15-5-2-10-21-15/h6-9,14-15H,1-5,10-11,20H2. The molecule has 2 atom stereocenters. The average molecular weight is 301 g/mol.